The van der Waals surface area contributed by atoms with Crippen LogP contribution in [0.15, 0.2) is 77.7 Å². The molecule has 2 heterocycles. The van der Waals surface area contributed by atoms with Crippen molar-refractivity contribution in [3.8, 4) is 17.3 Å². The van der Waals surface area contributed by atoms with E-state index in [1.807, 2.05) is 6.07 Å². The third-order valence-corrected chi connectivity index (χ3v) is 7.00. The largest absolute Gasteiger partial charge is 0.378 e. The van der Waals surface area contributed by atoms with Gasteiger partial charge in [-0.3, -0.25) is 19.0 Å². The molecule has 43 heavy (non-hydrogen) atoms. The number of amides is 1. The Morgan fingerprint density at radius 3 is 2.53 bits per heavy atom. The van der Waals surface area contributed by atoms with Gasteiger partial charge in [-0.25, -0.2) is 9.37 Å². The second-order valence-electron chi connectivity index (χ2n) is 9.98. The first kappa shape index (κ1) is 29.3. The van der Waals surface area contributed by atoms with Gasteiger partial charge in [-0.15, -0.1) is 0 Å². The number of aromatic nitrogens is 2. The van der Waals surface area contributed by atoms with Crippen LogP contribution in [0.4, 0.5) is 15.9 Å². The van der Waals surface area contributed by atoms with Gasteiger partial charge in [-0.1, -0.05) is 12.1 Å². The Hall–Kier alpha value is -5.18. The Balaban J connectivity index is 1.63. The van der Waals surface area contributed by atoms with Gasteiger partial charge in [-0.05, 0) is 67.2 Å². The summed E-state index contributed by atoms with van der Waals surface area (Å²) in [5, 5.41) is 14.7. The lowest BCUT2D eigenvalue weighted by atomic mass is 9.99. The van der Waals surface area contributed by atoms with E-state index in [1.165, 1.54) is 35.0 Å². The third kappa shape index (κ3) is 6.83. The highest BCUT2D eigenvalue weighted by Crippen LogP contribution is 2.26. The zero-order valence-electron chi connectivity index (χ0n) is 23.5. The lowest BCUT2D eigenvalue weighted by Crippen LogP contribution is -2.36. The maximum absolute atomic E-state index is 13.8. The summed E-state index contributed by atoms with van der Waals surface area (Å²) in [5.41, 5.74) is 3.01. The van der Waals surface area contributed by atoms with Crippen LogP contribution in [0.1, 0.15) is 27.0 Å². The fraction of sp³-hybridized carbons (Fsp3) is 0.219. The first-order chi connectivity index (χ1) is 20.9. The molecule has 0 spiro atoms. The van der Waals surface area contributed by atoms with E-state index in [0.717, 1.165) is 5.69 Å². The van der Waals surface area contributed by atoms with Crippen molar-refractivity contribution in [2.45, 2.75) is 6.54 Å². The van der Waals surface area contributed by atoms with E-state index in [4.69, 9.17) is 4.74 Å². The number of carbonyl (C=O) groups excluding carboxylic acids is 2. The molecule has 3 aromatic carbocycles. The van der Waals surface area contributed by atoms with Crippen LogP contribution in [0.2, 0.25) is 0 Å². The topological polar surface area (TPSA) is 129 Å². The summed E-state index contributed by atoms with van der Waals surface area (Å²) in [7, 11) is 1.61. The number of hydrogen-bond acceptors (Lipinski definition) is 8. The summed E-state index contributed by atoms with van der Waals surface area (Å²) in [4.78, 5) is 46.0. The summed E-state index contributed by atoms with van der Waals surface area (Å²) in [6, 6.07) is 19.6. The van der Waals surface area contributed by atoms with Crippen molar-refractivity contribution in [2.24, 2.45) is 0 Å². The van der Waals surface area contributed by atoms with Gasteiger partial charge in [0.2, 0.25) is 5.91 Å². The average Bonchev–Trinajstić information content (AvgIpc) is 3.03. The minimum atomic E-state index is -0.549. The Morgan fingerprint density at radius 2 is 1.81 bits per heavy atom. The summed E-state index contributed by atoms with van der Waals surface area (Å²) in [5.74, 6) is -1.31. The highest BCUT2D eigenvalue weighted by molar-refractivity contribution is 6.09. The van der Waals surface area contributed by atoms with Gasteiger partial charge in [0.15, 0.2) is 11.6 Å². The molecule has 1 amide bonds. The molecular formula is C32H29FN6O4. The first-order valence-corrected chi connectivity index (χ1v) is 13.7. The zero-order chi connectivity index (χ0) is 30.3. The fourth-order valence-electron chi connectivity index (χ4n) is 4.90. The number of anilines is 2. The van der Waals surface area contributed by atoms with Crippen LogP contribution < -0.4 is 21.1 Å². The molecule has 0 aliphatic carbocycles. The number of morpholine rings is 1. The van der Waals surface area contributed by atoms with Gasteiger partial charge in [0.1, 0.15) is 5.82 Å². The monoisotopic (exact) mass is 580 g/mol. The summed E-state index contributed by atoms with van der Waals surface area (Å²) in [6.45, 7) is 2.33. The van der Waals surface area contributed by atoms with Gasteiger partial charge >= 0.3 is 0 Å². The van der Waals surface area contributed by atoms with Gasteiger partial charge < -0.3 is 20.3 Å². The van der Waals surface area contributed by atoms with Crippen LogP contribution in [0.5, 0.6) is 0 Å². The number of benzene rings is 3. The highest BCUT2D eigenvalue weighted by Gasteiger charge is 2.19. The molecule has 1 aliphatic heterocycles. The molecule has 1 fully saturated rings. The van der Waals surface area contributed by atoms with E-state index in [0.29, 0.717) is 59.8 Å². The maximum atomic E-state index is 13.8. The normalized spacial score (nSPS) is 12.9. The molecule has 1 aromatic heterocycles. The highest BCUT2D eigenvalue weighted by atomic mass is 19.1. The standard InChI is InChI=1S/C32H29FN6O4/c1-35-19-29(40)37-31-32(42)39(28(18-36-31)24-4-2-3-21(13-24)17-34)20-22-14-25(30(41)23-5-7-26(33)8-6-23)16-27(15-22)38-9-11-43-12-10-38/h2-8,13-16,18,35H,9-12,19-20H2,1H3,(H,36,37,40). The molecule has 4 aromatic rings. The minimum absolute atomic E-state index is 0.0104. The quantitative estimate of drug-likeness (QED) is 0.289. The van der Waals surface area contributed by atoms with Gasteiger partial charge in [0.05, 0.1) is 49.8 Å². The van der Waals surface area contributed by atoms with Crippen LogP contribution in [0.25, 0.3) is 11.3 Å². The Kier molecular flexibility index (Phi) is 9.00. The molecule has 5 rings (SSSR count). The molecule has 218 valence electrons. The van der Waals surface area contributed by atoms with E-state index in [1.54, 1.807) is 43.4 Å². The van der Waals surface area contributed by atoms with Crippen molar-refractivity contribution in [3.05, 3.63) is 111 Å². The first-order valence-electron chi connectivity index (χ1n) is 13.7. The van der Waals surface area contributed by atoms with Crippen molar-refractivity contribution in [1.82, 2.24) is 14.9 Å². The number of likely N-dealkylation sites (N-methyl/N-ethyl adjacent to an activating group) is 1. The SMILES string of the molecule is CNCC(=O)Nc1ncc(-c2cccc(C#N)c2)n(Cc2cc(C(=O)c3ccc(F)cc3)cc(N3CCOCC3)c2)c1=O. The second-order valence-corrected chi connectivity index (χ2v) is 9.98. The van der Waals surface area contributed by atoms with Gasteiger partial charge in [0, 0.05) is 35.5 Å². The zero-order valence-corrected chi connectivity index (χ0v) is 23.5. The lowest BCUT2D eigenvalue weighted by molar-refractivity contribution is -0.115. The number of rotatable bonds is 9. The predicted molar refractivity (Wildman–Crippen MR) is 160 cm³/mol. The molecule has 0 unspecified atom stereocenters. The third-order valence-electron chi connectivity index (χ3n) is 7.00. The predicted octanol–water partition coefficient (Wildman–Crippen LogP) is 3.19. The molecule has 10 nitrogen and oxygen atoms in total. The molecule has 2 N–H and O–H groups in total. The summed E-state index contributed by atoms with van der Waals surface area (Å²) in [6.07, 6.45) is 1.48. The number of nitrogens with zero attached hydrogens (tertiary/aromatic N) is 4. The minimum Gasteiger partial charge on any atom is -0.378 e. The average molecular weight is 581 g/mol. The Morgan fingerprint density at radius 1 is 1.05 bits per heavy atom. The van der Waals surface area contributed by atoms with Gasteiger partial charge in [0.25, 0.3) is 5.56 Å². The number of hydrogen-bond donors (Lipinski definition) is 2. The Labute approximate surface area is 247 Å². The molecule has 0 radical (unpaired) electrons. The van der Waals surface area contributed by atoms with Crippen LogP contribution in [0, 0.1) is 17.1 Å². The lowest BCUT2D eigenvalue weighted by Gasteiger charge is -2.29. The molecule has 1 saturated heterocycles. The molecule has 0 saturated carbocycles. The smallest absolute Gasteiger partial charge is 0.294 e. The van der Waals surface area contributed by atoms with E-state index < -0.39 is 17.3 Å². The molecule has 0 atom stereocenters. The van der Waals surface area contributed by atoms with E-state index in [9.17, 15) is 24.0 Å². The van der Waals surface area contributed by atoms with Crippen LogP contribution in [0.3, 0.4) is 0 Å². The van der Waals surface area contributed by atoms with Crippen molar-refractivity contribution < 1.29 is 18.7 Å². The number of nitriles is 1. The second kappa shape index (κ2) is 13.2. The van der Waals surface area contributed by atoms with E-state index >= 15 is 0 Å². The van der Waals surface area contributed by atoms with Crippen LogP contribution >= 0.6 is 0 Å². The number of carbonyl (C=O) groups is 2. The number of nitrogens with one attached hydrogen (secondary N) is 2. The van der Waals surface area contributed by atoms with Crippen molar-refractivity contribution in [1.29, 1.82) is 5.26 Å². The molecule has 1 aliphatic rings. The van der Waals surface area contributed by atoms with Crippen LogP contribution in [-0.2, 0) is 16.1 Å². The number of ketones is 1. The number of ether oxygens (including phenoxy) is 1. The van der Waals surface area contributed by atoms with Crippen molar-refractivity contribution in [3.63, 3.8) is 0 Å². The van der Waals surface area contributed by atoms with E-state index in [2.05, 4.69) is 26.6 Å². The molecule has 11 heteroatoms. The van der Waals surface area contributed by atoms with Crippen molar-refractivity contribution >= 4 is 23.2 Å². The maximum Gasteiger partial charge on any atom is 0.294 e. The van der Waals surface area contributed by atoms with Crippen molar-refractivity contribution in [2.75, 3.05) is 50.1 Å². The molecule has 0 bridgehead atoms. The Bertz CT molecular complexity index is 1760. The van der Waals surface area contributed by atoms with E-state index in [-0.39, 0.29) is 24.7 Å². The van der Waals surface area contributed by atoms with Crippen LogP contribution in [-0.4, -0.2) is 61.1 Å². The number of halogens is 1. The fourth-order valence-corrected chi connectivity index (χ4v) is 4.90. The summed E-state index contributed by atoms with van der Waals surface area (Å²) < 4.78 is 20.5. The summed E-state index contributed by atoms with van der Waals surface area (Å²) >= 11 is 0. The van der Waals surface area contributed by atoms with Gasteiger partial charge in [-0.2, -0.15) is 5.26 Å². The molecular weight excluding hydrogens is 551 g/mol.